The van der Waals surface area contributed by atoms with Crippen molar-refractivity contribution in [3.05, 3.63) is 73.3 Å². The molecule has 0 saturated carbocycles. The Morgan fingerprint density at radius 3 is 2.77 bits per heavy atom. The summed E-state index contributed by atoms with van der Waals surface area (Å²) in [5, 5.41) is 14.0. The quantitative estimate of drug-likeness (QED) is 0.686. The molecular weight excluding hydrogens is 350 g/mol. The lowest BCUT2D eigenvalue weighted by Crippen LogP contribution is -2.32. The number of H-pyrrole nitrogens is 1. The Balaban J connectivity index is 2.15. The minimum atomic E-state index is -0.644. The van der Waals surface area contributed by atoms with Crippen molar-refractivity contribution in [2.24, 2.45) is 5.10 Å². The Morgan fingerprint density at radius 2 is 1.95 bits per heavy atom. The molecule has 0 aliphatic heterocycles. The first-order valence-electron chi connectivity index (χ1n) is 6.33. The zero-order chi connectivity index (χ0) is 15.7. The van der Waals surface area contributed by atoms with Gasteiger partial charge >= 0.3 is 5.69 Å². The number of hydrogen-bond acceptors (Lipinski definition) is 4. The molecule has 110 valence electrons. The highest BCUT2D eigenvalue weighted by atomic mass is 79.9. The highest BCUT2D eigenvalue weighted by Gasteiger charge is 2.06. The summed E-state index contributed by atoms with van der Waals surface area (Å²) in [6.45, 7) is 0. The number of halogens is 1. The van der Waals surface area contributed by atoms with Gasteiger partial charge in [0.05, 0.1) is 17.1 Å². The molecule has 2 N–H and O–H groups in total. The number of hydrogen-bond donors (Lipinski definition) is 2. The minimum absolute atomic E-state index is 0.00258. The monoisotopic (exact) mass is 359 g/mol. The van der Waals surface area contributed by atoms with Gasteiger partial charge in [0, 0.05) is 10.0 Å². The molecule has 3 aromatic rings. The Kier molecular flexibility index (Phi) is 3.64. The van der Waals surface area contributed by atoms with Crippen LogP contribution in [0.3, 0.4) is 0 Å². The standard InChI is InChI=1S/C15H10BrN3O3/c16-10-5-6-13(20)9(7-10)8-17-19-14(21)11-3-1-2-4-12(11)18-15(19)22/h1-8,20H,(H,18,22)/b17-8-. The molecule has 1 heterocycles. The van der Waals surface area contributed by atoms with Gasteiger partial charge in [0.15, 0.2) is 0 Å². The van der Waals surface area contributed by atoms with E-state index in [1.54, 1.807) is 36.4 Å². The molecule has 22 heavy (non-hydrogen) atoms. The summed E-state index contributed by atoms with van der Waals surface area (Å²) in [7, 11) is 0. The predicted molar refractivity (Wildman–Crippen MR) is 87.6 cm³/mol. The van der Waals surface area contributed by atoms with Gasteiger partial charge in [0.2, 0.25) is 0 Å². The van der Waals surface area contributed by atoms with E-state index in [9.17, 15) is 14.7 Å². The van der Waals surface area contributed by atoms with Crippen molar-refractivity contribution < 1.29 is 5.11 Å². The average Bonchev–Trinajstić information content (AvgIpc) is 2.50. The van der Waals surface area contributed by atoms with Crippen LogP contribution < -0.4 is 11.2 Å². The van der Waals surface area contributed by atoms with Crippen LogP contribution in [-0.2, 0) is 0 Å². The van der Waals surface area contributed by atoms with E-state index in [0.29, 0.717) is 16.5 Å². The molecule has 7 heteroatoms. The summed E-state index contributed by atoms with van der Waals surface area (Å²) in [6.07, 6.45) is 1.26. The third-order valence-corrected chi connectivity index (χ3v) is 3.58. The van der Waals surface area contributed by atoms with Crippen LogP contribution >= 0.6 is 15.9 Å². The molecular formula is C15H10BrN3O3. The molecule has 3 rings (SSSR count). The van der Waals surface area contributed by atoms with Gasteiger partial charge in [0.25, 0.3) is 5.56 Å². The number of aromatic hydroxyl groups is 1. The van der Waals surface area contributed by atoms with Crippen LogP contribution in [-0.4, -0.2) is 21.0 Å². The highest BCUT2D eigenvalue weighted by molar-refractivity contribution is 9.10. The topological polar surface area (TPSA) is 87.5 Å². The van der Waals surface area contributed by atoms with Crippen molar-refractivity contribution in [3.63, 3.8) is 0 Å². The van der Waals surface area contributed by atoms with Gasteiger partial charge in [-0.25, -0.2) is 4.79 Å². The first-order chi connectivity index (χ1) is 10.6. The average molecular weight is 360 g/mol. The largest absolute Gasteiger partial charge is 0.507 e. The molecule has 0 unspecified atom stereocenters. The number of nitrogens with zero attached hydrogens (tertiary/aromatic N) is 2. The number of aromatic amines is 1. The molecule has 0 aliphatic carbocycles. The molecule has 0 radical (unpaired) electrons. The Bertz CT molecular complexity index is 1000. The molecule has 6 nitrogen and oxygen atoms in total. The summed E-state index contributed by atoms with van der Waals surface area (Å²) in [5.74, 6) is -0.00258. The van der Waals surface area contributed by atoms with Crippen LogP contribution in [0.2, 0.25) is 0 Å². The second kappa shape index (κ2) is 5.61. The van der Waals surface area contributed by atoms with Gasteiger partial charge in [-0.3, -0.25) is 4.79 Å². The normalized spacial score (nSPS) is 11.3. The van der Waals surface area contributed by atoms with Crippen molar-refractivity contribution in [2.75, 3.05) is 0 Å². The van der Waals surface area contributed by atoms with Crippen molar-refractivity contribution >= 4 is 33.0 Å². The zero-order valence-electron chi connectivity index (χ0n) is 11.2. The van der Waals surface area contributed by atoms with Crippen molar-refractivity contribution in [1.29, 1.82) is 0 Å². The van der Waals surface area contributed by atoms with Crippen molar-refractivity contribution in [2.45, 2.75) is 0 Å². The number of benzene rings is 2. The smallest absolute Gasteiger partial charge is 0.349 e. The van der Waals surface area contributed by atoms with Crippen LogP contribution in [0.1, 0.15) is 5.56 Å². The van der Waals surface area contributed by atoms with Crippen LogP contribution in [0.15, 0.2) is 61.6 Å². The van der Waals surface area contributed by atoms with Gasteiger partial charge in [-0.2, -0.15) is 5.10 Å². The fourth-order valence-corrected chi connectivity index (χ4v) is 2.39. The third kappa shape index (κ3) is 2.58. The Labute approximate surface area is 132 Å². The molecule has 0 spiro atoms. The van der Waals surface area contributed by atoms with Crippen molar-refractivity contribution in [3.8, 4) is 5.75 Å². The molecule has 2 aromatic carbocycles. The first kappa shape index (κ1) is 14.3. The maximum Gasteiger partial charge on any atom is 0.349 e. The van der Waals surface area contributed by atoms with Gasteiger partial charge in [-0.05, 0) is 30.3 Å². The van der Waals surface area contributed by atoms with E-state index in [0.717, 1.165) is 9.15 Å². The second-order valence-corrected chi connectivity index (χ2v) is 5.46. The van der Waals surface area contributed by atoms with Crippen LogP contribution in [0.5, 0.6) is 5.75 Å². The highest BCUT2D eigenvalue weighted by Crippen LogP contribution is 2.19. The predicted octanol–water partition coefficient (Wildman–Crippen LogP) is 2.04. The summed E-state index contributed by atoms with van der Waals surface area (Å²) in [5.41, 5.74) is -0.331. The van der Waals surface area contributed by atoms with E-state index in [2.05, 4.69) is 26.0 Å². The summed E-state index contributed by atoms with van der Waals surface area (Å²) in [6, 6.07) is 11.5. The van der Waals surface area contributed by atoms with Gasteiger partial charge in [-0.1, -0.05) is 28.1 Å². The van der Waals surface area contributed by atoms with E-state index in [4.69, 9.17) is 0 Å². The van der Waals surface area contributed by atoms with Gasteiger partial charge in [-0.15, -0.1) is 4.68 Å². The minimum Gasteiger partial charge on any atom is -0.507 e. The second-order valence-electron chi connectivity index (χ2n) is 4.54. The van der Waals surface area contributed by atoms with Crippen LogP contribution in [0.25, 0.3) is 10.9 Å². The lowest BCUT2D eigenvalue weighted by molar-refractivity contribution is 0.474. The lowest BCUT2D eigenvalue weighted by Gasteiger charge is -2.02. The molecule has 0 aliphatic rings. The van der Waals surface area contributed by atoms with Gasteiger partial charge in [0.1, 0.15) is 5.75 Å². The maximum atomic E-state index is 12.3. The molecule has 0 atom stereocenters. The number of fused-ring (bicyclic) bond motifs is 1. The first-order valence-corrected chi connectivity index (χ1v) is 7.12. The number of phenols is 1. The van der Waals surface area contributed by atoms with E-state index in [1.165, 1.54) is 12.3 Å². The third-order valence-electron chi connectivity index (χ3n) is 3.09. The number of nitrogens with one attached hydrogen (secondary N) is 1. The maximum absolute atomic E-state index is 12.3. The SMILES string of the molecule is O=c1[nH]c2ccccc2c(=O)n1/N=C\c1cc(Br)ccc1O. The van der Waals surface area contributed by atoms with E-state index < -0.39 is 11.2 Å². The molecule has 0 saturated heterocycles. The Hall–Kier alpha value is -2.67. The molecule has 0 amide bonds. The number of phenolic OH excluding ortho intramolecular Hbond substituents is 1. The lowest BCUT2D eigenvalue weighted by atomic mass is 10.2. The summed E-state index contributed by atoms with van der Waals surface area (Å²) in [4.78, 5) is 26.8. The molecule has 0 fully saturated rings. The van der Waals surface area contributed by atoms with Crippen LogP contribution in [0.4, 0.5) is 0 Å². The van der Waals surface area contributed by atoms with Crippen LogP contribution in [0, 0.1) is 0 Å². The molecule has 1 aromatic heterocycles. The van der Waals surface area contributed by atoms with E-state index >= 15 is 0 Å². The molecule has 0 bridgehead atoms. The summed E-state index contributed by atoms with van der Waals surface area (Å²) >= 11 is 3.27. The Morgan fingerprint density at radius 1 is 1.18 bits per heavy atom. The van der Waals surface area contributed by atoms with E-state index in [-0.39, 0.29) is 5.75 Å². The fourth-order valence-electron chi connectivity index (χ4n) is 2.01. The zero-order valence-corrected chi connectivity index (χ0v) is 12.7. The number of rotatable bonds is 2. The van der Waals surface area contributed by atoms with E-state index in [1.807, 2.05) is 0 Å². The van der Waals surface area contributed by atoms with Gasteiger partial charge < -0.3 is 10.1 Å². The summed E-state index contributed by atoms with van der Waals surface area (Å²) < 4.78 is 1.47. The van der Waals surface area contributed by atoms with Crippen molar-refractivity contribution in [1.82, 2.24) is 9.66 Å². The number of para-hydroxylation sites is 1. The fraction of sp³-hybridized carbons (Fsp3) is 0. The number of aromatic nitrogens is 2.